The highest BCUT2D eigenvalue weighted by Gasteiger charge is 2.28. The number of halogens is 2. The molecule has 0 unspecified atom stereocenters. The summed E-state index contributed by atoms with van der Waals surface area (Å²) in [6, 6.07) is 26.6. The minimum absolute atomic E-state index is 0.0517. The molecule has 0 aromatic heterocycles. The fourth-order valence-electron chi connectivity index (χ4n) is 8.04. The van der Waals surface area contributed by atoms with E-state index in [4.69, 9.17) is 19.7 Å². The molecule has 0 aliphatic carbocycles. The Kier molecular flexibility index (Phi) is 21.6. The third-order valence-electron chi connectivity index (χ3n) is 13.7. The van der Waals surface area contributed by atoms with Crippen LogP contribution in [-0.2, 0) is 24.0 Å². The van der Waals surface area contributed by atoms with E-state index < -0.39 is 17.4 Å². The van der Waals surface area contributed by atoms with Crippen molar-refractivity contribution in [1.82, 2.24) is 24.5 Å². The average Bonchev–Trinajstić information content (AvgIpc) is 2.30. The molecule has 0 radical (unpaired) electrons. The molecule has 5 aromatic carbocycles. The molecule has 5 aliphatic heterocycles. The van der Waals surface area contributed by atoms with Gasteiger partial charge in [-0.25, -0.2) is 33.7 Å². The van der Waals surface area contributed by atoms with Crippen molar-refractivity contribution in [2.24, 2.45) is 25.0 Å². The van der Waals surface area contributed by atoms with Crippen molar-refractivity contribution >= 4 is 94.8 Å². The Morgan fingerprint density at radius 1 is 0.420 bits per heavy atom. The van der Waals surface area contributed by atoms with E-state index in [9.17, 15) is 43.0 Å². The highest BCUT2D eigenvalue weighted by atomic mass is 19.1. The molecule has 5 heterocycles. The summed E-state index contributed by atoms with van der Waals surface area (Å²) in [6.07, 6.45) is 7.99. The molecule has 88 heavy (non-hydrogen) atoms. The first-order chi connectivity index (χ1) is 41.5. The van der Waals surface area contributed by atoms with Gasteiger partial charge >= 0.3 is 0 Å². The van der Waals surface area contributed by atoms with E-state index >= 15 is 0 Å². The van der Waals surface area contributed by atoms with Crippen LogP contribution in [0, 0.1) is 11.6 Å². The van der Waals surface area contributed by atoms with Crippen LogP contribution in [0.25, 0.3) is 30.4 Å². The number of hydrogen-bond donors (Lipinski definition) is 4. The number of hydrogen-bond acceptors (Lipinski definition) is 17. The van der Waals surface area contributed by atoms with Crippen molar-refractivity contribution in [3.8, 4) is 34.5 Å². The van der Waals surface area contributed by atoms with Gasteiger partial charge in [-0.1, -0.05) is 42.5 Å². The molecule has 0 fully saturated rings. The number of aromatic hydroxyl groups is 4. The molecule has 5 aliphatic rings. The van der Waals surface area contributed by atoms with Crippen LogP contribution in [0.5, 0.6) is 34.5 Å². The molecule has 4 N–H and O–H groups in total. The zero-order valence-electron chi connectivity index (χ0n) is 50.9. The summed E-state index contributed by atoms with van der Waals surface area (Å²) < 4.78 is 36.4. The fraction of sp³-hybridized carbons (Fsp3) is 0.219. The molecule has 0 bridgehead atoms. The summed E-state index contributed by atoms with van der Waals surface area (Å²) >= 11 is 0. The van der Waals surface area contributed by atoms with Crippen LogP contribution >= 0.6 is 0 Å². The summed E-state index contributed by atoms with van der Waals surface area (Å²) in [5.41, 5.74) is 6.02. The molecule has 10 rings (SSSR count). The van der Waals surface area contributed by atoms with Crippen molar-refractivity contribution in [3.63, 3.8) is 0 Å². The summed E-state index contributed by atoms with van der Waals surface area (Å²) in [5.74, 6) is 0.0163. The van der Waals surface area contributed by atoms with Crippen molar-refractivity contribution in [1.29, 1.82) is 0 Å². The number of benzene rings is 5. The lowest BCUT2D eigenvalue weighted by atomic mass is 10.1. The van der Waals surface area contributed by atoms with E-state index in [-0.39, 0.29) is 69.5 Å². The summed E-state index contributed by atoms with van der Waals surface area (Å²) in [6.45, 7) is 8.79. The Labute approximate surface area is 507 Å². The first-order valence-electron chi connectivity index (χ1n) is 26.8. The van der Waals surface area contributed by atoms with Crippen LogP contribution in [-0.4, -0.2) is 167 Å². The second-order valence-corrected chi connectivity index (χ2v) is 20.0. The first-order valence-corrected chi connectivity index (χ1v) is 26.8. The second-order valence-electron chi connectivity index (χ2n) is 20.0. The summed E-state index contributed by atoms with van der Waals surface area (Å²) in [4.78, 5) is 88.9. The van der Waals surface area contributed by atoms with Gasteiger partial charge < -0.3 is 34.8 Å². The van der Waals surface area contributed by atoms with Gasteiger partial charge in [-0.05, 0) is 142 Å². The smallest absolute Gasteiger partial charge is 0.277 e. The molecular formula is C64H67F2N11O11. The Balaban J connectivity index is 0.000000176. The Morgan fingerprint density at radius 2 is 0.727 bits per heavy atom. The van der Waals surface area contributed by atoms with Gasteiger partial charge in [0.1, 0.15) is 69.2 Å². The molecule has 5 aromatic rings. The predicted octanol–water partition coefficient (Wildman–Crippen LogP) is 8.77. The molecule has 24 heteroatoms. The van der Waals surface area contributed by atoms with Gasteiger partial charge in [-0.2, -0.15) is 0 Å². The van der Waals surface area contributed by atoms with Gasteiger partial charge in [-0.3, -0.25) is 48.5 Å². The number of amides is 5. The number of amidine groups is 5. The van der Waals surface area contributed by atoms with Gasteiger partial charge in [0.25, 0.3) is 29.5 Å². The molecule has 5 amide bonds. The van der Waals surface area contributed by atoms with E-state index in [1.54, 1.807) is 147 Å². The number of phenols is 4. The number of nitrogens with zero attached hydrogens (tertiary/aromatic N) is 11. The number of para-hydroxylation sites is 1. The Bertz CT molecular complexity index is 3850. The van der Waals surface area contributed by atoms with Gasteiger partial charge in [0, 0.05) is 60.6 Å². The van der Waals surface area contributed by atoms with Gasteiger partial charge in [0.2, 0.25) is 5.75 Å². The number of likely N-dealkylation sites (N-methyl/N-ethyl adjacent to an activating group) is 5. The topological polar surface area (TPSA) is 266 Å². The number of carbonyl (C=O) groups is 5. The van der Waals surface area contributed by atoms with Crippen molar-refractivity contribution in [3.05, 3.63) is 165 Å². The maximum atomic E-state index is 13.1. The van der Waals surface area contributed by atoms with Gasteiger partial charge in [0.15, 0.2) is 28.9 Å². The highest BCUT2D eigenvalue weighted by Crippen LogP contribution is 2.38. The zero-order chi connectivity index (χ0) is 65.0. The summed E-state index contributed by atoms with van der Waals surface area (Å²) in [7, 11) is 15.2. The van der Waals surface area contributed by atoms with Gasteiger partial charge in [-0.15, -0.1) is 0 Å². The predicted molar refractivity (Wildman–Crippen MR) is 335 cm³/mol. The molecule has 0 atom stereocenters. The molecule has 0 spiro atoms. The number of methoxy groups -OCH3 is 2. The lowest BCUT2D eigenvalue weighted by Gasteiger charge is -2.11. The van der Waals surface area contributed by atoms with E-state index in [0.717, 1.165) is 34.8 Å². The van der Waals surface area contributed by atoms with Crippen LogP contribution in [0.1, 0.15) is 62.4 Å². The quantitative estimate of drug-likeness (QED) is 0.106. The van der Waals surface area contributed by atoms with Crippen LogP contribution in [0.15, 0.2) is 151 Å². The Morgan fingerprint density at radius 3 is 1.03 bits per heavy atom. The first kappa shape index (κ1) is 66.1. The zero-order valence-corrected chi connectivity index (χ0v) is 50.9. The van der Waals surface area contributed by atoms with E-state index in [2.05, 4.69) is 25.0 Å². The standard InChI is InChI=1S/C14H17N3O.C14H16N2O4.C12H10F2N2O2.2C12H12N2O2/c1-10-15-13(14(18)17(10)4)9-11-5-7-12(8-6-11)16(2)3;1-8-15-10(14(18)16(8)2)5-9-6-11(19-3)13(17)12(7-9)20-4;1-6-15-10(12(18)16(6)2)5-7-3-8(13)11(17)9(14)4-7;1-8-13-11(12(16)14(8)2)7-9-3-5-10(15)6-4-9;1-8-13-10(12(16)14(8)2)7-9-5-3-4-6-11(9)15/h5-9H,1-4H3;5-7,17H,1-4H3;3-5,17H,1-2H3;2*3-7,15H,1-2H3/b13-9-;2*10-5-;11-7-;10-7-. The van der Waals surface area contributed by atoms with Crippen LogP contribution in [0.3, 0.4) is 0 Å². The lowest BCUT2D eigenvalue weighted by molar-refractivity contribution is -0.122. The van der Waals surface area contributed by atoms with Gasteiger partial charge in [0.05, 0.1) is 14.2 Å². The third-order valence-corrected chi connectivity index (χ3v) is 13.7. The van der Waals surface area contributed by atoms with Crippen LogP contribution < -0.4 is 14.4 Å². The number of phenolic OH excluding ortho intramolecular Hbond substituents is 4. The number of carbonyl (C=O) groups excluding carboxylic acids is 5. The van der Waals surface area contributed by atoms with Crippen molar-refractivity contribution in [2.45, 2.75) is 34.6 Å². The van der Waals surface area contributed by atoms with Crippen LogP contribution in [0.2, 0.25) is 0 Å². The molecule has 0 saturated heterocycles. The fourth-order valence-corrected chi connectivity index (χ4v) is 8.04. The molecule has 458 valence electrons. The monoisotopic (exact) mass is 1200 g/mol. The minimum Gasteiger partial charge on any atom is -0.508 e. The van der Waals surface area contributed by atoms with Crippen molar-refractivity contribution in [2.75, 3.05) is 68.5 Å². The second kappa shape index (κ2) is 28.7. The van der Waals surface area contributed by atoms with Crippen LogP contribution in [0.4, 0.5) is 14.5 Å². The normalized spacial score (nSPS) is 17.5. The highest BCUT2D eigenvalue weighted by molar-refractivity contribution is 6.16. The van der Waals surface area contributed by atoms with E-state index in [1.165, 1.54) is 39.9 Å². The average molecular weight is 1200 g/mol. The maximum Gasteiger partial charge on any atom is 0.277 e. The molecule has 22 nitrogen and oxygen atoms in total. The largest absolute Gasteiger partial charge is 0.508 e. The number of anilines is 1. The summed E-state index contributed by atoms with van der Waals surface area (Å²) in [5, 5.41) is 37.5. The minimum atomic E-state index is -1.08. The molecule has 0 saturated carbocycles. The van der Waals surface area contributed by atoms with Crippen molar-refractivity contribution < 1.29 is 62.7 Å². The number of ether oxygens (including phenoxy) is 2. The Hall–Kier alpha value is -11.0. The SMILES string of the molecule is CC1=N/C(=C\c2cc(F)c(O)c(F)c2)C(=O)N1C.CC1=N/C(=C\c2ccc(N(C)C)cc2)C(=O)N1C.CC1=N/C(=C\c2ccc(O)cc2)C(=O)N1C.CC1=N/C(=C\c2ccccc2O)C(=O)N1C.COc1cc(/C=C2\N=C(C)N(C)C2=O)cc(OC)c1O. The third kappa shape index (κ3) is 16.0. The number of rotatable bonds is 8. The van der Waals surface area contributed by atoms with E-state index in [1.807, 2.05) is 56.3 Å². The number of aliphatic imine (C=N–C) groups is 5. The maximum absolute atomic E-state index is 13.1. The molecular weight excluding hydrogens is 1140 g/mol. The van der Waals surface area contributed by atoms with E-state index in [0.29, 0.717) is 57.3 Å². The lowest BCUT2D eigenvalue weighted by Crippen LogP contribution is -2.25.